The Kier molecular flexibility index (Phi) is 6.80. The molecular weight excluding hydrogens is 398 g/mol. The van der Waals surface area contributed by atoms with E-state index in [2.05, 4.69) is 4.72 Å². The fraction of sp³-hybridized carbons (Fsp3) is 0.150. The number of carbonyl (C=O) groups is 1. The topological polar surface area (TPSA) is 81.7 Å². The lowest BCUT2D eigenvalue weighted by Crippen LogP contribution is -2.23. The lowest BCUT2D eigenvalue weighted by Gasteiger charge is -2.09. The van der Waals surface area contributed by atoms with Gasteiger partial charge in [0, 0.05) is 11.4 Å². The summed E-state index contributed by atoms with van der Waals surface area (Å²) in [4.78, 5) is 13.1. The lowest BCUT2D eigenvalue weighted by molar-refractivity contribution is 0.0450. The number of hydrogen-bond acceptors (Lipinski definition) is 6. The smallest absolute Gasteiger partial charge is 0.338 e. The van der Waals surface area contributed by atoms with Crippen molar-refractivity contribution in [1.29, 1.82) is 0 Å². The van der Waals surface area contributed by atoms with Crippen molar-refractivity contribution in [3.8, 4) is 5.75 Å². The van der Waals surface area contributed by atoms with Crippen LogP contribution in [0.2, 0.25) is 0 Å². The number of benzene rings is 2. The second-order valence-electron chi connectivity index (χ2n) is 5.73. The van der Waals surface area contributed by atoms with Crippen LogP contribution in [-0.4, -0.2) is 27.6 Å². The van der Waals surface area contributed by atoms with Crippen LogP contribution in [0.5, 0.6) is 5.75 Å². The third-order valence-corrected chi connectivity index (χ3v) is 6.00. The Morgan fingerprint density at radius 3 is 2.54 bits per heavy atom. The predicted octanol–water partition coefficient (Wildman–Crippen LogP) is 3.46. The van der Waals surface area contributed by atoms with Crippen LogP contribution in [0.3, 0.4) is 0 Å². The van der Waals surface area contributed by atoms with Crippen LogP contribution in [0.4, 0.5) is 0 Å². The Balaban J connectivity index is 1.55. The number of rotatable bonds is 9. The molecule has 0 bridgehead atoms. The molecule has 1 N–H and O–H groups in total. The summed E-state index contributed by atoms with van der Waals surface area (Å²) >= 11 is 1.46. The van der Waals surface area contributed by atoms with Crippen molar-refractivity contribution < 1.29 is 22.7 Å². The van der Waals surface area contributed by atoms with Crippen LogP contribution in [-0.2, 0) is 21.3 Å². The van der Waals surface area contributed by atoms with E-state index in [0.29, 0.717) is 5.75 Å². The first-order chi connectivity index (χ1) is 13.5. The Hall–Kier alpha value is -2.68. The first-order valence-electron chi connectivity index (χ1n) is 8.52. The minimum absolute atomic E-state index is 0.0130. The van der Waals surface area contributed by atoms with Gasteiger partial charge in [0.15, 0.2) is 0 Å². The van der Waals surface area contributed by atoms with Gasteiger partial charge in [-0.25, -0.2) is 17.9 Å². The number of sulfonamides is 1. The van der Waals surface area contributed by atoms with Crippen LogP contribution in [0.25, 0.3) is 0 Å². The van der Waals surface area contributed by atoms with Gasteiger partial charge in [0.2, 0.25) is 10.0 Å². The molecule has 0 aliphatic heterocycles. The number of thiophene rings is 1. The molecule has 0 spiro atoms. The molecule has 2 aromatic carbocycles. The van der Waals surface area contributed by atoms with Gasteiger partial charge in [-0.15, -0.1) is 11.3 Å². The summed E-state index contributed by atoms with van der Waals surface area (Å²) in [7, 11) is -3.73. The van der Waals surface area contributed by atoms with E-state index in [1.807, 2.05) is 35.7 Å². The number of nitrogens with one attached hydrogen (secondary N) is 1. The van der Waals surface area contributed by atoms with E-state index in [0.717, 1.165) is 4.88 Å². The highest BCUT2D eigenvalue weighted by molar-refractivity contribution is 7.89. The summed E-state index contributed by atoms with van der Waals surface area (Å²) < 4.78 is 38.0. The van der Waals surface area contributed by atoms with Gasteiger partial charge in [0.25, 0.3) is 0 Å². The van der Waals surface area contributed by atoms with Crippen molar-refractivity contribution in [3.05, 3.63) is 82.6 Å². The zero-order valence-electron chi connectivity index (χ0n) is 14.9. The average Bonchev–Trinajstić information content (AvgIpc) is 3.24. The van der Waals surface area contributed by atoms with Crippen molar-refractivity contribution >= 4 is 27.3 Å². The fourth-order valence-corrected chi connectivity index (χ4v) is 4.13. The highest BCUT2D eigenvalue weighted by Crippen LogP contribution is 2.15. The van der Waals surface area contributed by atoms with E-state index in [1.165, 1.54) is 35.6 Å². The SMILES string of the molecule is O=C(OCCOc1ccccc1)c1cccc(S(=O)(=O)NCc2cccs2)c1. The number of para-hydroxylation sites is 1. The van der Waals surface area contributed by atoms with E-state index in [4.69, 9.17) is 9.47 Å². The molecule has 0 atom stereocenters. The molecular formula is C20H19NO5S2. The number of esters is 1. The molecule has 1 heterocycles. The Morgan fingerprint density at radius 1 is 0.964 bits per heavy atom. The number of hydrogen-bond donors (Lipinski definition) is 1. The van der Waals surface area contributed by atoms with Crippen molar-refractivity contribution in [2.45, 2.75) is 11.4 Å². The van der Waals surface area contributed by atoms with Gasteiger partial charge in [-0.05, 0) is 41.8 Å². The van der Waals surface area contributed by atoms with Gasteiger partial charge in [-0.3, -0.25) is 0 Å². The Bertz CT molecular complexity index is 1000. The van der Waals surface area contributed by atoms with Crippen LogP contribution in [0, 0.1) is 0 Å². The first kappa shape index (κ1) is 20.1. The molecule has 0 aliphatic rings. The fourth-order valence-electron chi connectivity index (χ4n) is 2.35. The molecule has 0 amide bonds. The van der Waals surface area contributed by atoms with E-state index < -0.39 is 16.0 Å². The minimum Gasteiger partial charge on any atom is -0.490 e. The molecule has 6 nitrogen and oxygen atoms in total. The Labute approximate surface area is 167 Å². The van der Waals surface area contributed by atoms with Crippen molar-refractivity contribution in [2.24, 2.45) is 0 Å². The maximum Gasteiger partial charge on any atom is 0.338 e. The molecule has 28 heavy (non-hydrogen) atoms. The van der Waals surface area contributed by atoms with Crippen LogP contribution >= 0.6 is 11.3 Å². The van der Waals surface area contributed by atoms with E-state index in [-0.39, 0.29) is 30.2 Å². The van der Waals surface area contributed by atoms with E-state index in [9.17, 15) is 13.2 Å². The van der Waals surface area contributed by atoms with Crippen molar-refractivity contribution in [2.75, 3.05) is 13.2 Å². The number of carbonyl (C=O) groups excluding carboxylic acids is 1. The van der Waals surface area contributed by atoms with Crippen molar-refractivity contribution in [3.63, 3.8) is 0 Å². The zero-order valence-corrected chi connectivity index (χ0v) is 16.5. The molecule has 0 radical (unpaired) electrons. The quantitative estimate of drug-likeness (QED) is 0.426. The molecule has 8 heteroatoms. The minimum atomic E-state index is -3.73. The van der Waals surface area contributed by atoms with Gasteiger partial charge < -0.3 is 9.47 Å². The second kappa shape index (κ2) is 9.50. The molecule has 3 aromatic rings. The standard InChI is InChI=1S/C20H19NO5S2/c22-20(26-12-11-25-17-7-2-1-3-8-17)16-6-4-10-19(14-16)28(23,24)21-15-18-9-5-13-27-18/h1-10,13-14,21H,11-12,15H2. The zero-order chi connectivity index (χ0) is 19.8. The monoisotopic (exact) mass is 417 g/mol. The van der Waals surface area contributed by atoms with Gasteiger partial charge >= 0.3 is 5.97 Å². The summed E-state index contributed by atoms with van der Waals surface area (Å²) in [6.07, 6.45) is 0. The van der Waals surface area contributed by atoms with E-state index in [1.54, 1.807) is 12.1 Å². The van der Waals surface area contributed by atoms with Crippen LogP contribution < -0.4 is 9.46 Å². The van der Waals surface area contributed by atoms with Gasteiger partial charge in [-0.1, -0.05) is 30.3 Å². The maximum absolute atomic E-state index is 12.4. The highest BCUT2D eigenvalue weighted by Gasteiger charge is 2.17. The molecule has 146 valence electrons. The summed E-state index contributed by atoms with van der Waals surface area (Å²) in [5, 5.41) is 1.88. The molecule has 0 aliphatic carbocycles. The normalized spacial score (nSPS) is 11.1. The largest absolute Gasteiger partial charge is 0.490 e. The van der Waals surface area contributed by atoms with Gasteiger partial charge in [-0.2, -0.15) is 0 Å². The molecule has 3 rings (SSSR count). The third kappa shape index (κ3) is 5.66. The molecule has 0 unspecified atom stereocenters. The van der Waals surface area contributed by atoms with Crippen LogP contribution in [0.1, 0.15) is 15.2 Å². The summed E-state index contributed by atoms with van der Waals surface area (Å²) in [5.74, 6) is 0.0791. The number of ether oxygens (including phenoxy) is 2. The molecule has 0 saturated carbocycles. The van der Waals surface area contributed by atoms with Gasteiger partial charge in [0.1, 0.15) is 19.0 Å². The third-order valence-electron chi connectivity index (χ3n) is 3.72. The predicted molar refractivity (Wildman–Crippen MR) is 107 cm³/mol. The highest BCUT2D eigenvalue weighted by atomic mass is 32.2. The summed E-state index contributed by atoms with van der Waals surface area (Å²) in [5.41, 5.74) is 0.165. The average molecular weight is 418 g/mol. The lowest BCUT2D eigenvalue weighted by atomic mass is 10.2. The maximum atomic E-state index is 12.4. The van der Waals surface area contributed by atoms with Crippen LogP contribution in [0.15, 0.2) is 77.0 Å². The van der Waals surface area contributed by atoms with Crippen molar-refractivity contribution in [1.82, 2.24) is 4.72 Å². The first-order valence-corrected chi connectivity index (χ1v) is 10.9. The van der Waals surface area contributed by atoms with Gasteiger partial charge in [0.05, 0.1) is 10.5 Å². The summed E-state index contributed by atoms with van der Waals surface area (Å²) in [6, 6.07) is 18.6. The molecule has 1 aromatic heterocycles. The Morgan fingerprint density at radius 2 is 1.79 bits per heavy atom. The van der Waals surface area contributed by atoms with E-state index >= 15 is 0 Å². The second-order valence-corrected chi connectivity index (χ2v) is 8.53. The molecule has 0 saturated heterocycles. The summed E-state index contributed by atoms with van der Waals surface area (Å²) in [6.45, 7) is 0.461. The molecule has 0 fully saturated rings.